The Morgan fingerprint density at radius 1 is 1.15 bits per heavy atom. The van der Waals surface area contributed by atoms with Gasteiger partial charge in [0, 0.05) is 19.4 Å². The van der Waals surface area contributed by atoms with E-state index in [1.807, 2.05) is 13.8 Å². The first-order valence-corrected chi connectivity index (χ1v) is 9.95. The number of halogens is 4. The van der Waals surface area contributed by atoms with Gasteiger partial charge in [-0.25, -0.2) is 4.39 Å². The van der Waals surface area contributed by atoms with Crippen molar-refractivity contribution < 1.29 is 31.8 Å². The molecule has 0 aliphatic carbocycles. The van der Waals surface area contributed by atoms with E-state index in [2.05, 4.69) is 10.3 Å². The van der Waals surface area contributed by atoms with Crippen molar-refractivity contribution in [2.75, 3.05) is 19.0 Å². The molecule has 7 nitrogen and oxygen atoms in total. The van der Waals surface area contributed by atoms with E-state index >= 15 is 0 Å². The summed E-state index contributed by atoms with van der Waals surface area (Å²) in [4.78, 5) is 29.9. The maximum atomic E-state index is 13.6. The number of carbonyl (C=O) groups excluding carboxylic acids is 1. The molecule has 2 aromatic heterocycles. The summed E-state index contributed by atoms with van der Waals surface area (Å²) in [6.45, 7) is 1.96. The molecule has 34 heavy (non-hydrogen) atoms. The second-order valence-corrected chi connectivity index (χ2v) is 7.71. The Morgan fingerprint density at radius 2 is 1.88 bits per heavy atom. The number of carbonyl (C=O) groups is 1. The van der Waals surface area contributed by atoms with E-state index in [9.17, 15) is 27.2 Å². The molecule has 1 aromatic carbocycles. The molecule has 3 rings (SSSR count). The van der Waals surface area contributed by atoms with E-state index in [0.29, 0.717) is 11.4 Å². The van der Waals surface area contributed by atoms with Crippen LogP contribution in [0.4, 0.5) is 23.2 Å². The summed E-state index contributed by atoms with van der Waals surface area (Å²) < 4.78 is 62.3. The fourth-order valence-electron chi connectivity index (χ4n) is 2.95. The topological polar surface area (TPSA) is 82.5 Å². The number of rotatable bonds is 7. The van der Waals surface area contributed by atoms with Crippen LogP contribution in [0, 0.1) is 5.82 Å². The van der Waals surface area contributed by atoms with Gasteiger partial charge in [-0.05, 0) is 50.2 Å². The molecule has 3 aromatic rings. The number of alkyl halides is 3. The predicted molar refractivity (Wildman–Crippen MR) is 116 cm³/mol. The summed E-state index contributed by atoms with van der Waals surface area (Å²) in [5.41, 5.74) is -0.998. The predicted octanol–water partition coefficient (Wildman–Crippen LogP) is 4.45. The summed E-state index contributed by atoms with van der Waals surface area (Å²) in [5.74, 6) is -2.12. The molecule has 0 unspecified atom stereocenters. The minimum Gasteiger partial charge on any atom is -0.482 e. The van der Waals surface area contributed by atoms with Gasteiger partial charge in [0.2, 0.25) is 0 Å². The summed E-state index contributed by atoms with van der Waals surface area (Å²) in [7, 11) is 1.54. The molecule has 2 heterocycles. The molecule has 1 N–H and O–H groups in total. The minimum absolute atomic E-state index is 0.155. The van der Waals surface area contributed by atoms with Gasteiger partial charge in [-0.3, -0.25) is 19.1 Å². The number of nitrogens with one attached hydrogen (secondary N) is 1. The van der Waals surface area contributed by atoms with Crippen molar-refractivity contribution in [1.29, 1.82) is 0 Å². The van der Waals surface area contributed by atoms with Crippen LogP contribution in [-0.2, 0) is 10.3 Å². The smallest absolute Gasteiger partial charge is 0.422 e. The summed E-state index contributed by atoms with van der Waals surface area (Å²) in [5, 5.41) is 2.55. The second kappa shape index (κ2) is 9.64. The number of aromatic nitrogens is 2. The molecule has 0 fully saturated rings. The first kappa shape index (κ1) is 24.9. The van der Waals surface area contributed by atoms with E-state index in [-0.39, 0.29) is 11.3 Å². The molecule has 0 radical (unpaired) electrons. The SMILES string of the molecule is COC(C)(C)c1ccc(NC(=O)c2cccn(-c3ccc(F)cc3OCC(F)(F)F)c2=O)cn1. The standard InChI is InChI=1S/C23H21F4N3O4/c1-22(2,33-3)19-9-7-15(12-28-19)29-20(31)16-5-4-10-30(21(16)32)17-8-6-14(24)11-18(17)34-13-23(25,26)27/h4-12H,13H2,1-3H3,(H,29,31). The Hall–Kier alpha value is -3.73. The first-order chi connectivity index (χ1) is 15.9. The first-order valence-electron chi connectivity index (χ1n) is 9.95. The van der Waals surface area contributed by atoms with Crippen molar-refractivity contribution in [2.24, 2.45) is 0 Å². The van der Waals surface area contributed by atoms with Crippen molar-refractivity contribution in [1.82, 2.24) is 9.55 Å². The highest BCUT2D eigenvalue weighted by molar-refractivity contribution is 6.03. The van der Waals surface area contributed by atoms with Crippen LogP contribution >= 0.6 is 0 Å². The molecule has 0 aliphatic heterocycles. The maximum absolute atomic E-state index is 13.6. The lowest BCUT2D eigenvalue weighted by Gasteiger charge is -2.22. The molecule has 11 heteroatoms. The molecule has 0 aliphatic rings. The van der Waals surface area contributed by atoms with Crippen LogP contribution in [0.25, 0.3) is 5.69 Å². The van der Waals surface area contributed by atoms with E-state index < -0.39 is 41.4 Å². The number of hydrogen-bond acceptors (Lipinski definition) is 5. The minimum atomic E-state index is -4.67. The summed E-state index contributed by atoms with van der Waals surface area (Å²) >= 11 is 0. The number of nitrogens with zero attached hydrogens (tertiary/aromatic N) is 2. The average molecular weight is 479 g/mol. The zero-order valence-corrected chi connectivity index (χ0v) is 18.4. The van der Waals surface area contributed by atoms with E-state index in [1.165, 1.54) is 24.5 Å². The number of amides is 1. The van der Waals surface area contributed by atoms with Gasteiger partial charge in [-0.2, -0.15) is 13.2 Å². The summed E-state index contributed by atoms with van der Waals surface area (Å²) in [6.07, 6.45) is -2.03. The van der Waals surface area contributed by atoms with Crippen LogP contribution in [0.5, 0.6) is 5.75 Å². The zero-order chi connectivity index (χ0) is 25.1. The highest BCUT2D eigenvalue weighted by atomic mass is 19.4. The number of anilines is 1. The lowest BCUT2D eigenvalue weighted by atomic mass is 10.0. The fraction of sp³-hybridized carbons (Fsp3) is 0.261. The molecule has 0 bridgehead atoms. The van der Waals surface area contributed by atoms with Gasteiger partial charge in [0.25, 0.3) is 11.5 Å². The fourth-order valence-corrected chi connectivity index (χ4v) is 2.95. The van der Waals surface area contributed by atoms with Crippen molar-refractivity contribution in [3.63, 3.8) is 0 Å². The number of ether oxygens (including phenoxy) is 2. The van der Waals surface area contributed by atoms with E-state index in [1.54, 1.807) is 19.2 Å². The lowest BCUT2D eigenvalue weighted by molar-refractivity contribution is -0.153. The van der Waals surface area contributed by atoms with Gasteiger partial charge in [-0.15, -0.1) is 0 Å². The quantitative estimate of drug-likeness (QED) is 0.507. The monoisotopic (exact) mass is 479 g/mol. The highest BCUT2D eigenvalue weighted by Gasteiger charge is 2.29. The Morgan fingerprint density at radius 3 is 2.50 bits per heavy atom. The highest BCUT2D eigenvalue weighted by Crippen LogP contribution is 2.26. The van der Waals surface area contributed by atoms with E-state index in [4.69, 9.17) is 9.47 Å². The molecule has 0 saturated heterocycles. The lowest BCUT2D eigenvalue weighted by Crippen LogP contribution is -2.28. The molecular weight excluding hydrogens is 458 g/mol. The average Bonchev–Trinajstić information content (AvgIpc) is 2.78. The van der Waals surface area contributed by atoms with Crippen molar-refractivity contribution in [3.8, 4) is 11.4 Å². The zero-order valence-electron chi connectivity index (χ0n) is 18.4. The Labute approximate surface area is 192 Å². The molecule has 1 amide bonds. The van der Waals surface area contributed by atoms with Crippen LogP contribution in [0.3, 0.4) is 0 Å². The van der Waals surface area contributed by atoms with Crippen LogP contribution in [0.15, 0.2) is 59.7 Å². The van der Waals surface area contributed by atoms with Gasteiger partial charge >= 0.3 is 6.18 Å². The maximum Gasteiger partial charge on any atom is 0.422 e. The molecule has 0 saturated carbocycles. The van der Waals surface area contributed by atoms with Crippen molar-refractivity contribution in [3.05, 3.63) is 82.3 Å². The molecule has 0 atom stereocenters. The number of benzene rings is 1. The van der Waals surface area contributed by atoms with Gasteiger partial charge in [0.1, 0.15) is 22.7 Å². The number of pyridine rings is 2. The molecule has 180 valence electrons. The van der Waals surface area contributed by atoms with Crippen LogP contribution < -0.4 is 15.6 Å². The van der Waals surface area contributed by atoms with Gasteiger partial charge in [-0.1, -0.05) is 0 Å². The molecular formula is C23H21F4N3O4. The van der Waals surface area contributed by atoms with Crippen LogP contribution in [-0.4, -0.2) is 35.4 Å². The van der Waals surface area contributed by atoms with Gasteiger partial charge in [0.15, 0.2) is 6.61 Å². The third kappa shape index (κ3) is 5.79. The van der Waals surface area contributed by atoms with Gasteiger partial charge in [0.05, 0.1) is 23.3 Å². The Balaban J connectivity index is 1.90. The number of hydrogen-bond donors (Lipinski definition) is 1. The second-order valence-electron chi connectivity index (χ2n) is 7.71. The van der Waals surface area contributed by atoms with Crippen molar-refractivity contribution >= 4 is 11.6 Å². The number of methoxy groups -OCH3 is 1. The summed E-state index contributed by atoms with van der Waals surface area (Å²) in [6, 6.07) is 8.64. The van der Waals surface area contributed by atoms with Crippen molar-refractivity contribution in [2.45, 2.75) is 25.6 Å². The van der Waals surface area contributed by atoms with Crippen LogP contribution in [0.2, 0.25) is 0 Å². The van der Waals surface area contributed by atoms with Crippen LogP contribution in [0.1, 0.15) is 29.9 Å². The Bertz CT molecular complexity index is 1240. The third-order valence-corrected chi connectivity index (χ3v) is 4.91. The molecule has 0 spiro atoms. The van der Waals surface area contributed by atoms with E-state index in [0.717, 1.165) is 22.8 Å². The Kier molecular flexibility index (Phi) is 7.06. The largest absolute Gasteiger partial charge is 0.482 e. The van der Waals surface area contributed by atoms with Gasteiger partial charge < -0.3 is 14.8 Å². The normalized spacial score (nSPS) is 11.9. The third-order valence-electron chi connectivity index (χ3n) is 4.91.